The average molecular weight is 277 g/mol. The van der Waals surface area contributed by atoms with Crippen LogP contribution in [0, 0.1) is 22.2 Å². The van der Waals surface area contributed by atoms with Crippen LogP contribution in [-0.2, 0) is 11.2 Å². The summed E-state index contributed by atoms with van der Waals surface area (Å²) in [5.41, 5.74) is -0.130. The van der Waals surface area contributed by atoms with Crippen molar-refractivity contribution in [3.63, 3.8) is 0 Å². The van der Waals surface area contributed by atoms with Gasteiger partial charge in [-0.05, 0) is 35.6 Å². The number of nitriles is 1. The van der Waals surface area contributed by atoms with Crippen molar-refractivity contribution in [1.82, 2.24) is 0 Å². The second-order valence-corrected chi connectivity index (χ2v) is 6.72. The third-order valence-electron chi connectivity index (χ3n) is 4.81. The topological polar surface area (TPSA) is 40.9 Å². The van der Waals surface area contributed by atoms with E-state index in [9.17, 15) is 10.1 Å². The molecule has 2 aromatic carbocycles. The molecule has 21 heavy (non-hydrogen) atoms. The molecule has 3 rings (SSSR count). The van der Waals surface area contributed by atoms with Crippen LogP contribution in [0.4, 0.5) is 0 Å². The zero-order chi connectivity index (χ0) is 15.1. The minimum Gasteiger partial charge on any atom is -0.297 e. The predicted octanol–water partition coefficient (Wildman–Crippen LogP) is 4.28. The van der Waals surface area contributed by atoms with Gasteiger partial charge in [0.1, 0.15) is 5.41 Å². The Labute approximate surface area is 125 Å². The number of carbonyl (C=O) groups excluding carboxylic acids is 1. The highest BCUT2D eigenvalue weighted by molar-refractivity contribution is 5.95. The van der Waals surface area contributed by atoms with Crippen molar-refractivity contribution in [3.05, 3.63) is 48.0 Å². The lowest BCUT2D eigenvalue weighted by Crippen LogP contribution is -2.33. The minimum atomic E-state index is -0.854. The normalized spacial score (nSPS) is 24.1. The van der Waals surface area contributed by atoms with E-state index >= 15 is 0 Å². The van der Waals surface area contributed by atoms with Crippen LogP contribution >= 0.6 is 0 Å². The van der Waals surface area contributed by atoms with Crippen LogP contribution in [0.3, 0.4) is 0 Å². The summed E-state index contributed by atoms with van der Waals surface area (Å²) >= 11 is 0. The van der Waals surface area contributed by atoms with Gasteiger partial charge in [0.2, 0.25) is 0 Å². The summed E-state index contributed by atoms with van der Waals surface area (Å²) in [6.45, 7) is 3.91. The van der Waals surface area contributed by atoms with E-state index in [1.165, 1.54) is 0 Å². The van der Waals surface area contributed by atoms with Crippen molar-refractivity contribution in [1.29, 1.82) is 5.26 Å². The van der Waals surface area contributed by atoms with E-state index in [1.807, 2.05) is 38.1 Å². The summed E-state index contributed by atoms with van der Waals surface area (Å²) in [7, 11) is 0. The molecule has 0 aromatic heterocycles. The molecule has 2 aromatic rings. The van der Waals surface area contributed by atoms with Crippen LogP contribution in [0.5, 0.6) is 0 Å². The Morgan fingerprint density at radius 1 is 1.10 bits per heavy atom. The molecule has 1 aliphatic rings. The lowest BCUT2D eigenvalue weighted by Gasteiger charge is -2.23. The first kappa shape index (κ1) is 13.8. The summed E-state index contributed by atoms with van der Waals surface area (Å²) in [4.78, 5) is 12.7. The van der Waals surface area contributed by atoms with Crippen LogP contribution in [0.2, 0.25) is 0 Å². The molecule has 2 heteroatoms. The Morgan fingerprint density at radius 2 is 1.81 bits per heavy atom. The number of hydrogen-bond donors (Lipinski definition) is 0. The summed E-state index contributed by atoms with van der Waals surface area (Å²) in [5, 5.41) is 12.0. The maximum Gasteiger partial charge on any atom is 0.158 e. The third kappa shape index (κ3) is 2.14. The fourth-order valence-corrected chi connectivity index (χ4v) is 3.49. The fraction of sp³-hybridized carbons (Fsp3) is 0.368. The van der Waals surface area contributed by atoms with Gasteiger partial charge >= 0.3 is 0 Å². The Kier molecular flexibility index (Phi) is 3.10. The molecule has 0 saturated heterocycles. The van der Waals surface area contributed by atoms with Gasteiger partial charge in [0.05, 0.1) is 6.07 Å². The monoisotopic (exact) mass is 277 g/mol. The first-order valence-electron chi connectivity index (χ1n) is 7.41. The minimum absolute atomic E-state index is 0.102. The Hall–Kier alpha value is -2.14. The van der Waals surface area contributed by atoms with E-state index in [-0.39, 0.29) is 11.2 Å². The van der Waals surface area contributed by atoms with Crippen LogP contribution in [-0.4, -0.2) is 5.78 Å². The molecule has 2 nitrogen and oxygen atoms in total. The number of nitrogens with zero attached hydrogens (tertiary/aromatic N) is 1. The molecule has 0 spiro atoms. The van der Waals surface area contributed by atoms with Gasteiger partial charge in [-0.2, -0.15) is 5.26 Å². The molecule has 1 saturated carbocycles. The van der Waals surface area contributed by atoms with Gasteiger partial charge in [-0.15, -0.1) is 0 Å². The molecule has 1 unspecified atom stereocenters. The van der Waals surface area contributed by atoms with Crippen LogP contribution < -0.4 is 0 Å². The zero-order valence-corrected chi connectivity index (χ0v) is 12.5. The Bertz CT molecular complexity index is 748. The van der Waals surface area contributed by atoms with E-state index in [4.69, 9.17) is 0 Å². The molecule has 0 aliphatic heterocycles. The molecule has 0 N–H and O–H groups in total. The lowest BCUT2D eigenvalue weighted by molar-refractivity contribution is -0.130. The number of ketones is 1. The van der Waals surface area contributed by atoms with E-state index in [0.717, 1.165) is 22.8 Å². The Morgan fingerprint density at radius 3 is 2.48 bits per heavy atom. The SMILES string of the molecule is CC1(C)CCC(C#N)(Cc2cccc3ccccc23)C1=O. The van der Waals surface area contributed by atoms with Gasteiger partial charge in [-0.25, -0.2) is 0 Å². The quantitative estimate of drug-likeness (QED) is 0.822. The van der Waals surface area contributed by atoms with E-state index in [2.05, 4.69) is 24.3 Å². The molecule has 0 radical (unpaired) electrons. The highest BCUT2D eigenvalue weighted by atomic mass is 16.1. The lowest BCUT2D eigenvalue weighted by atomic mass is 9.76. The van der Waals surface area contributed by atoms with E-state index < -0.39 is 5.41 Å². The van der Waals surface area contributed by atoms with Crippen molar-refractivity contribution >= 4 is 16.6 Å². The largest absolute Gasteiger partial charge is 0.297 e. The standard InChI is InChI=1S/C19H19NO/c1-18(2)10-11-19(13-20,17(18)21)12-15-8-5-7-14-6-3-4-9-16(14)15/h3-9H,10-12H2,1-2H3. The van der Waals surface area contributed by atoms with Crippen molar-refractivity contribution in [2.24, 2.45) is 10.8 Å². The maximum absolute atomic E-state index is 12.7. The number of carbonyl (C=O) groups is 1. The van der Waals surface area contributed by atoms with Crippen molar-refractivity contribution in [2.45, 2.75) is 33.1 Å². The van der Waals surface area contributed by atoms with Gasteiger partial charge in [0, 0.05) is 5.41 Å². The molecular weight excluding hydrogens is 258 g/mol. The van der Waals surface area contributed by atoms with E-state index in [1.54, 1.807) is 0 Å². The van der Waals surface area contributed by atoms with Crippen molar-refractivity contribution in [3.8, 4) is 6.07 Å². The number of rotatable bonds is 2. The molecule has 0 heterocycles. The highest BCUT2D eigenvalue weighted by Gasteiger charge is 2.52. The number of benzene rings is 2. The van der Waals surface area contributed by atoms with Gasteiger partial charge in [0.15, 0.2) is 5.78 Å². The second kappa shape index (κ2) is 4.70. The van der Waals surface area contributed by atoms with Gasteiger partial charge < -0.3 is 0 Å². The first-order chi connectivity index (χ1) is 9.98. The van der Waals surface area contributed by atoms with Gasteiger partial charge in [-0.1, -0.05) is 56.3 Å². The highest BCUT2D eigenvalue weighted by Crippen LogP contribution is 2.47. The zero-order valence-electron chi connectivity index (χ0n) is 12.5. The smallest absolute Gasteiger partial charge is 0.158 e. The number of fused-ring (bicyclic) bond motifs is 1. The third-order valence-corrected chi connectivity index (χ3v) is 4.81. The van der Waals surface area contributed by atoms with Crippen molar-refractivity contribution in [2.75, 3.05) is 0 Å². The number of Topliss-reactive ketones (excluding diaryl/α,β-unsaturated/α-hetero) is 1. The van der Waals surface area contributed by atoms with Crippen molar-refractivity contribution < 1.29 is 4.79 Å². The molecule has 106 valence electrons. The van der Waals surface area contributed by atoms with E-state index in [0.29, 0.717) is 12.8 Å². The second-order valence-electron chi connectivity index (χ2n) is 6.72. The summed E-state index contributed by atoms with van der Waals surface area (Å²) in [6.07, 6.45) is 1.98. The van der Waals surface area contributed by atoms with Crippen LogP contribution in [0.1, 0.15) is 32.3 Å². The Balaban J connectivity index is 2.06. The summed E-state index contributed by atoms with van der Waals surface area (Å²) < 4.78 is 0. The molecular formula is C19H19NO. The average Bonchev–Trinajstić information content (AvgIpc) is 2.72. The predicted molar refractivity (Wildman–Crippen MR) is 83.7 cm³/mol. The van der Waals surface area contributed by atoms with Crippen LogP contribution in [0.15, 0.2) is 42.5 Å². The van der Waals surface area contributed by atoms with Crippen LogP contribution in [0.25, 0.3) is 10.8 Å². The first-order valence-corrected chi connectivity index (χ1v) is 7.41. The fourth-order valence-electron chi connectivity index (χ4n) is 3.49. The van der Waals surface area contributed by atoms with Gasteiger partial charge in [-0.3, -0.25) is 4.79 Å². The molecule has 0 bridgehead atoms. The maximum atomic E-state index is 12.7. The number of hydrogen-bond acceptors (Lipinski definition) is 2. The van der Waals surface area contributed by atoms with Gasteiger partial charge in [0.25, 0.3) is 0 Å². The molecule has 1 aliphatic carbocycles. The summed E-state index contributed by atoms with van der Waals surface area (Å²) in [5.74, 6) is 0.102. The molecule has 0 amide bonds. The molecule has 1 atom stereocenters. The summed E-state index contributed by atoms with van der Waals surface area (Å²) in [6, 6.07) is 16.6. The molecule has 1 fully saturated rings.